The summed E-state index contributed by atoms with van der Waals surface area (Å²) in [4.78, 5) is 23.6. The van der Waals surface area contributed by atoms with E-state index in [1.54, 1.807) is 0 Å². The summed E-state index contributed by atoms with van der Waals surface area (Å²) in [6.45, 7) is 1.47. The third kappa shape index (κ3) is 4.61. The Hall–Kier alpha value is -1.11. The summed E-state index contributed by atoms with van der Waals surface area (Å²) in [6.07, 6.45) is 1.05. The zero-order valence-electron chi connectivity index (χ0n) is 9.89. The molecule has 0 saturated carbocycles. The predicted molar refractivity (Wildman–Crippen MR) is 58.6 cm³/mol. The van der Waals surface area contributed by atoms with Gasteiger partial charge in [-0.25, -0.2) is 8.42 Å². The fraction of sp³-hybridized carbons (Fsp3) is 0.778. The van der Waals surface area contributed by atoms with Gasteiger partial charge >= 0.3 is 5.97 Å². The number of methoxy groups -OCH3 is 1. The normalized spacial score (nSPS) is 13.0. The third-order valence-electron chi connectivity index (χ3n) is 2.25. The van der Waals surface area contributed by atoms with Gasteiger partial charge in [0.15, 0.2) is 9.84 Å². The van der Waals surface area contributed by atoms with E-state index in [4.69, 9.17) is 0 Å². The molecule has 0 heterocycles. The smallest absolute Gasteiger partial charge is 0.307 e. The van der Waals surface area contributed by atoms with E-state index >= 15 is 0 Å². The summed E-state index contributed by atoms with van der Waals surface area (Å²) >= 11 is 0. The van der Waals surface area contributed by atoms with Crippen LogP contribution < -0.4 is 0 Å². The molecule has 0 aromatic rings. The van der Waals surface area contributed by atoms with Crippen LogP contribution in [0.15, 0.2) is 0 Å². The van der Waals surface area contributed by atoms with E-state index in [0.29, 0.717) is 0 Å². The van der Waals surface area contributed by atoms with Crippen molar-refractivity contribution in [2.75, 3.05) is 27.0 Å². The molecule has 0 spiro atoms. The molecule has 0 saturated heterocycles. The topological polar surface area (TPSA) is 80.8 Å². The second-order valence-electron chi connectivity index (χ2n) is 3.56. The first-order valence-corrected chi connectivity index (χ1v) is 6.66. The van der Waals surface area contributed by atoms with E-state index in [9.17, 15) is 18.0 Å². The number of amides is 1. The predicted octanol–water partition coefficient (Wildman–Crippen LogP) is -0.559. The number of carbonyl (C=O) groups excluding carboxylic acids is 2. The largest absolute Gasteiger partial charge is 0.469 e. The summed E-state index contributed by atoms with van der Waals surface area (Å²) in [7, 11) is -0.694. The van der Waals surface area contributed by atoms with Gasteiger partial charge in [0.25, 0.3) is 0 Å². The summed E-state index contributed by atoms with van der Waals surface area (Å²) in [5, 5.41) is -1.09. The molecule has 94 valence electrons. The van der Waals surface area contributed by atoms with Crippen molar-refractivity contribution in [3.8, 4) is 0 Å². The van der Waals surface area contributed by atoms with Crippen molar-refractivity contribution < 1.29 is 22.7 Å². The van der Waals surface area contributed by atoms with E-state index in [1.807, 2.05) is 0 Å². The molecule has 0 N–H and O–H groups in total. The fourth-order valence-electron chi connectivity index (χ4n) is 0.965. The highest BCUT2D eigenvalue weighted by molar-refractivity contribution is 7.92. The number of esters is 1. The van der Waals surface area contributed by atoms with E-state index in [1.165, 1.54) is 26.0 Å². The minimum absolute atomic E-state index is 0.0508. The van der Waals surface area contributed by atoms with Crippen molar-refractivity contribution in [3.05, 3.63) is 0 Å². The molecule has 0 aliphatic heterocycles. The summed E-state index contributed by atoms with van der Waals surface area (Å²) in [5.74, 6) is -0.960. The Labute approximate surface area is 95.5 Å². The molecule has 0 aromatic carbocycles. The lowest BCUT2D eigenvalue weighted by atomic mass is 10.3. The SMILES string of the molecule is COC(=O)CCN(C)C(=O)C(C)S(C)(=O)=O. The van der Waals surface area contributed by atoms with Crippen LogP contribution in [0.2, 0.25) is 0 Å². The summed E-state index contributed by atoms with van der Waals surface area (Å²) in [6, 6.07) is 0. The maximum atomic E-state index is 11.6. The molecular weight excluding hydrogens is 234 g/mol. The van der Waals surface area contributed by atoms with Crippen LogP contribution in [0, 0.1) is 0 Å². The maximum absolute atomic E-state index is 11.6. The van der Waals surface area contributed by atoms with Crippen LogP contribution in [0.25, 0.3) is 0 Å². The van der Waals surface area contributed by atoms with Crippen LogP contribution in [-0.4, -0.2) is 57.4 Å². The second kappa shape index (κ2) is 5.83. The van der Waals surface area contributed by atoms with Crippen molar-refractivity contribution in [2.45, 2.75) is 18.6 Å². The number of carbonyl (C=O) groups is 2. The molecule has 7 heteroatoms. The van der Waals surface area contributed by atoms with Crippen molar-refractivity contribution in [3.63, 3.8) is 0 Å². The molecule has 1 unspecified atom stereocenters. The van der Waals surface area contributed by atoms with Gasteiger partial charge in [-0.15, -0.1) is 0 Å². The molecule has 0 fully saturated rings. The van der Waals surface area contributed by atoms with Crippen LogP contribution in [-0.2, 0) is 24.2 Å². The Kier molecular flexibility index (Phi) is 5.43. The second-order valence-corrected chi connectivity index (χ2v) is 5.92. The zero-order chi connectivity index (χ0) is 12.9. The van der Waals surface area contributed by atoms with Gasteiger partial charge in [-0.2, -0.15) is 0 Å². The number of nitrogens with zero attached hydrogens (tertiary/aromatic N) is 1. The minimum atomic E-state index is -3.40. The zero-order valence-corrected chi connectivity index (χ0v) is 10.7. The minimum Gasteiger partial charge on any atom is -0.469 e. The number of rotatable bonds is 5. The highest BCUT2D eigenvalue weighted by Gasteiger charge is 2.26. The van der Waals surface area contributed by atoms with Gasteiger partial charge in [0.1, 0.15) is 5.25 Å². The van der Waals surface area contributed by atoms with Crippen molar-refractivity contribution >= 4 is 21.7 Å². The van der Waals surface area contributed by atoms with Crippen LogP contribution in [0.5, 0.6) is 0 Å². The van der Waals surface area contributed by atoms with Gasteiger partial charge in [0.05, 0.1) is 13.5 Å². The van der Waals surface area contributed by atoms with Gasteiger partial charge in [-0.1, -0.05) is 0 Å². The number of hydrogen-bond donors (Lipinski definition) is 0. The molecule has 0 rings (SSSR count). The molecule has 0 bridgehead atoms. The van der Waals surface area contributed by atoms with Crippen molar-refractivity contribution in [1.29, 1.82) is 0 Å². The Morgan fingerprint density at radius 1 is 1.38 bits per heavy atom. The van der Waals surface area contributed by atoms with Crippen LogP contribution >= 0.6 is 0 Å². The average Bonchev–Trinajstić information content (AvgIpc) is 2.21. The van der Waals surface area contributed by atoms with Crippen molar-refractivity contribution in [2.24, 2.45) is 0 Å². The Balaban J connectivity index is 4.35. The van der Waals surface area contributed by atoms with E-state index in [-0.39, 0.29) is 13.0 Å². The van der Waals surface area contributed by atoms with Gasteiger partial charge in [-0.05, 0) is 6.92 Å². The first-order chi connectivity index (χ1) is 7.20. The molecule has 1 atom stereocenters. The number of ether oxygens (including phenoxy) is 1. The first kappa shape index (κ1) is 14.9. The maximum Gasteiger partial charge on any atom is 0.307 e. The number of hydrogen-bond acceptors (Lipinski definition) is 5. The molecule has 0 aliphatic rings. The fourth-order valence-corrected chi connectivity index (χ4v) is 1.51. The summed E-state index contributed by atoms with van der Waals surface area (Å²) in [5.41, 5.74) is 0. The van der Waals surface area contributed by atoms with Gasteiger partial charge in [-0.3, -0.25) is 9.59 Å². The molecule has 0 aliphatic carbocycles. The van der Waals surface area contributed by atoms with E-state index in [0.717, 1.165) is 6.26 Å². The summed E-state index contributed by atoms with van der Waals surface area (Å²) < 4.78 is 26.7. The lowest BCUT2D eigenvalue weighted by Crippen LogP contribution is -2.39. The quantitative estimate of drug-likeness (QED) is 0.612. The molecule has 0 aromatic heterocycles. The third-order valence-corrected chi connectivity index (χ3v) is 3.73. The molecular formula is C9H17NO5S. The monoisotopic (exact) mass is 251 g/mol. The van der Waals surface area contributed by atoms with E-state index < -0.39 is 27.0 Å². The Morgan fingerprint density at radius 3 is 2.25 bits per heavy atom. The lowest BCUT2D eigenvalue weighted by Gasteiger charge is -2.19. The standard InChI is InChI=1S/C9H17NO5S/c1-7(16(4,13)14)9(12)10(2)6-5-8(11)15-3/h7H,5-6H2,1-4H3. The van der Waals surface area contributed by atoms with Gasteiger partial charge < -0.3 is 9.64 Å². The Morgan fingerprint density at radius 2 is 1.88 bits per heavy atom. The molecule has 6 nitrogen and oxygen atoms in total. The average molecular weight is 251 g/mol. The first-order valence-electron chi connectivity index (χ1n) is 4.70. The molecule has 16 heavy (non-hydrogen) atoms. The van der Waals surface area contributed by atoms with Crippen LogP contribution in [0.4, 0.5) is 0 Å². The Bertz CT molecular complexity index is 362. The lowest BCUT2D eigenvalue weighted by molar-refractivity contribution is -0.141. The highest BCUT2D eigenvalue weighted by atomic mass is 32.2. The van der Waals surface area contributed by atoms with Gasteiger partial charge in [0, 0.05) is 19.8 Å². The van der Waals surface area contributed by atoms with E-state index in [2.05, 4.69) is 4.74 Å². The van der Waals surface area contributed by atoms with Crippen LogP contribution in [0.3, 0.4) is 0 Å². The highest BCUT2D eigenvalue weighted by Crippen LogP contribution is 2.03. The van der Waals surface area contributed by atoms with Crippen LogP contribution in [0.1, 0.15) is 13.3 Å². The number of sulfone groups is 1. The van der Waals surface area contributed by atoms with Gasteiger partial charge in [0.2, 0.25) is 5.91 Å². The molecule has 0 radical (unpaired) electrons. The van der Waals surface area contributed by atoms with Crippen molar-refractivity contribution in [1.82, 2.24) is 4.90 Å². The molecule has 1 amide bonds.